The number of H-pyrrole nitrogens is 1. The number of nitrogens with zero attached hydrogens (tertiary/aromatic N) is 4. The van der Waals surface area contributed by atoms with Crippen molar-refractivity contribution in [2.45, 2.75) is 38.6 Å². The average molecular weight is 478 g/mol. The molecular weight excluding hydrogens is 453 g/mol. The summed E-state index contributed by atoms with van der Waals surface area (Å²) in [4.78, 5) is 35.7. The first-order valence-corrected chi connectivity index (χ1v) is 11.7. The molecule has 0 saturated heterocycles. The molecular formula is C24H24FN7O3. The summed E-state index contributed by atoms with van der Waals surface area (Å²) >= 11 is 0. The molecule has 0 aliphatic heterocycles. The average Bonchev–Trinajstić information content (AvgIpc) is 3.42. The van der Waals surface area contributed by atoms with Crippen LogP contribution in [0, 0.1) is 23.6 Å². The molecule has 0 aromatic carbocycles. The van der Waals surface area contributed by atoms with Gasteiger partial charge in [0.05, 0.1) is 24.0 Å². The Labute approximate surface area is 199 Å². The van der Waals surface area contributed by atoms with E-state index >= 15 is 0 Å². The maximum absolute atomic E-state index is 14.0. The van der Waals surface area contributed by atoms with Crippen LogP contribution in [0.2, 0.25) is 0 Å². The highest BCUT2D eigenvalue weighted by molar-refractivity contribution is 5.93. The number of rotatable bonds is 5. The fourth-order valence-electron chi connectivity index (χ4n) is 5.82. The Morgan fingerprint density at radius 3 is 2.71 bits per heavy atom. The number of pyridine rings is 1. The number of nitrogens with one attached hydrogen (secondary N) is 3. The van der Waals surface area contributed by atoms with Crippen LogP contribution < -0.4 is 10.6 Å². The van der Waals surface area contributed by atoms with Crippen molar-refractivity contribution in [2.24, 2.45) is 17.8 Å². The summed E-state index contributed by atoms with van der Waals surface area (Å²) in [6, 6.07) is 2.85. The number of aliphatic carboxylic acids is 1. The summed E-state index contributed by atoms with van der Waals surface area (Å²) in [6.07, 6.45) is 8.28. The van der Waals surface area contributed by atoms with E-state index < -0.39 is 17.7 Å². The smallest absolute Gasteiger partial charge is 0.308 e. The van der Waals surface area contributed by atoms with Crippen LogP contribution in [0.4, 0.5) is 15.9 Å². The van der Waals surface area contributed by atoms with Crippen molar-refractivity contribution in [3.05, 3.63) is 36.5 Å². The highest BCUT2D eigenvalue weighted by Gasteiger charge is 2.47. The van der Waals surface area contributed by atoms with Crippen LogP contribution in [0.3, 0.4) is 0 Å². The number of carboxylic acid groups (broad SMARTS) is 1. The minimum absolute atomic E-state index is 0.136. The Kier molecular flexibility index (Phi) is 4.94. The molecule has 180 valence electrons. The van der Waals surface area contributed by atoms with Gasteiger partial charge in [-0.3, -0.25) is 9.59 Å². The number of halogens is 1. The molecule has 4 N–H and O–H groups in total. The van der Waals surface area contributed by atoms with Gasteiger partial charge in [0.2, 0.25) is 5.91 Å². The highest BCUT2D eigenvalue weighted by Crippen LogP contribution is 2.46. The first-order chi connectivity index (χ1) is 16.9. The molecule has 3 aliphatic rings. The standard InChI is InChI=1S/C24H24FN7O3/c1-11(33)28-15-7-18-23(29-20-13-4-2-12(3-5-13)19(20)24(34)35)30-22(31-32(18)10-15)17-9-27-21-16(17)6-14(25)8-26-21/h6-10,12-13,19-20H,2-5H2,1H3,(H,26,27)(H,28,33)(H,34,35)(H,29,30,31)/t12?,13?,19-,20-/m0/s1. The molecule has 2 atom stereocenters. The van der Waals surface area contributed by atoms with Crippen LogP contribution >= 0.6 is 0 Å². The number of carbonyl (C=O) groups excluding carboxylic acids is 1. The fourth-order valence-corrected chi connectivity index (χ4v) is 5.82. The highest BCUT2D eigenvalue weighted by atomic mass is 19.1. The van der Waals surface area contributed by atoms with E-state index in [1.165, 1.54) is 13.0 Å². The quantitative estimate of drug-likeness (QED) is 0.344. The molecule has 0 spiro atoms. The van der Waals surface area contributed by atoms with Crippen LogP contribution in [-0.2, 0) is 9.59 Å². The van der Waals surface area contributed by atoms with Crippen molar-refractivity contribution in [1.29, 1.82) is 0 Å². The lowest BCUT2D eigenvalue weighted by Crippen LogP contribution is -2.51. The van der Waals surface area contributed by atoms with Crippen LogP contribution in [0.15, 0.2) is 30.7 Å². The molecule has 4 aromatic rings. The van der Waals surface area contributed by atoms with E-state index in [1.54, 1.807) is 23.0 Å². The number of anilines is 2. The summed E-state index contributed by atoms with van der Waals surface area (Å²) in [5, 5.41) is 21.3. The van der Waals surface area contributed by atoms with Gasteiger partial charge in [-0.1, -0.05) is 0 Å². The van der Waals surface area contributed by atoms with Crippen molar-refractivity contribution in [1.82, 2.24) is 24.6 Å². The van der Waals surface area contributed by atoms with Crippen molar-refractivity contribution in [2.75, 3.05) is 10.6 Å². The van der Waals surface area contributed by atoms with Gasteiger partial charge in [0.25, 0.3) is 0 Å². The van der Waals surface area contributed by atoms with Crippen LogP contribution in [0.1, 0.15) is 32.6 Å². The SMILES string of the molecule is CC(=O)Nc1cc2c(N[C@H]3C4CCC(CC4)[C@@H]3C(=O)O)nc(-c3c[nH]c4ncc(F)cc34)nn2c1. The van der Waals surface area contributed by atoms with Gasteiger partial charge in [-0.15, -0.1) is 5.10 Å². The maximum atomic E-state index is 14.0. The van der Waals surface area contributed by atoms with Gasteiger partial charge in [-0.05, 0) is 49.7 Å². The largest absolute Gasteiger partial charge is 0.481 e. The van der Waals surface area contributed by atoms with Gasteiger partial charge in [0, 0.05) is 30.1 Å². The van der Waals surface area contributed by atoms with Gasteiger partial charge < -0.3 is 20.7 Å². The number of hydrogen-bond donors (Lipinski definition) is 4. The Bertz CT molecular complexity index is 1470. The summed E-state index contributed by atoms with van der Waals surface area (Å²) in [6.45, 7) is 1.42. The lowest BCUT2D eigenvalue weighted by Gasteiger charge is -2.47. The van der Waals surface area contributed by atoms with Crippen LogP contribution in [0.25, 0.3) is 27.9 Å². The number of amides is 1. The number of hydrogen-bond acceptors (Lipinski definition) is 6. The third-order valence-corrected chi connectivity index (χ3v) is 7.33. The normalized spacial score (nSPS) is 23.6. The van der Waals surface area contributed by atoms with Gasteiger partial charge in [0.1, 0.15) is 17.0 Å². The van der Waals surface area contributed by atoms with Crippen molar-refractivity contribution < 1.29 is 19.1 Å². The number of fused-ring (bicyclic) bond motifs is 5. The first kappa shape index (κ1) is 21.5. The Hall–Kier alpha value is -4.02. The molecule has 3 aliphatic carbocycles. The summed E-state index contributed by atoms with van der Waals surface area (Å²) in [5.41, 5.74) is 2.21. The van der Waals surface area contributed by atoms with E-state index in [9.17, 15) is 19.1 Å². The molecule has 0 unspecified atom stereocenters. The zero-order chi connectivity index (χ0) is 24.3. The van der Waals surface area contributed by atoms with Gasteiger partial charge in [-0.25, -0.2) is 18.9 Å². The van der Waals surface area contributed by atoms with E-state index in [4.69, 9.17) is 4.98 Å². The Morgan fingerprint density at radius 1 is 1.20 bits per heavy atom. The van der Waals surface area contributed by atoms with E-state index in [1.807, 2.05) is 0 Å². The predicted molar refractivity (Wildman–Crippen MR) is 126 cm³/mol. The van der Waals surface area contributed by atoms with E-state index in [0.29, 0.717) is 39.4 Å². The molecule has 7 rings (SSSR count). The van der Waals surface area contributed by atoms with Gasteiger partial charge >= 0.3 is 5.97 Å². The molecule has 3 fully saturated rings. The topological polar surface area (TPSA) is 137 Å². The van der Waals surface area contributed by atoms with Crippen molar-refractivity contribution >= 4 is 39.9 Å². The minimum Gasteiger partial charge on any atom is -0.481 e. The van der Waals surface area contributed by atoms with E-state index in [0.717, 1.165) is 31.9 Å². The molecule has 4 aromatic heterocycles. The maximum Gasteiger partial charge on any atom is 0.308 e. The first-order valence-electron chi connectivity index (χ1n) is 11.7. The number of aromatic nitrogens is 5. The molecule has 3 saturated carbocycles. The number of carboxylic acids is 1. The third-order valence-electron chi connectivity index (χ3n) is 7.33. The summed E-state index contributed by atoms with van der Waals surface area (Å²) < 4.78 is 15.5. The van der Waals surface area contributed by atoms with Gasteiger partial charge in [0.15, 0.2) is 11.6 Å². The predicted octanol–water partition coefficient (Wildman–Crippen LogP) is 3.67. The summed E-state index contributed by atoms with van der Waals surface area (Å²) in [7, 11) is 0. The minimum atomic E-state index is -0.797. The zero-order valence-electron chi connectivity index (χ0n) is 19.0. The molecule has 2 bridgehead atoms. The monoisotopic (exact) mass is 477 g/mol. The second-order valence-electron chi connectivity index (χ2n) is 9.48. The Balaban J connectivity index is 1.49. The lowest BCUT2D eigenvalue weighted by atomic mass is 9.61. The van der Waals surface area contributed by atoms with Crippen LogP contribution in [0.5, 0.6) is 0 Å². The number of carbonyl (C=O) groups is 2. The van der Waals surface area contributed by atoms with E-state index in [-0.39, 0.29) is 23.8 Å². The molecule has 11 heteroatoms. The summed E-state index contributed by atoms with van der Waals surface area (Å²) in [5.74, 6) is -0.851. The second kappa shape index (κ2) is 8.03. The van der Waals surface area contributed by atoms with Gasteiger partial charge in [-0.2, -0.15) is 0 Å². The van der Waals surface area contributed by atoms with Crippen molar-refractivity contribution in [3.8, 4) is 11.4 Å². The Morgan fingerprint density at radius 2 is 1.97 bits per heavy atom. The molecule has 4 heterocycles. The number of aromatic amines is 1. The molecule has 0 radical (unpaired) electrons. The van der Waals surface area contributed by atoms with E-state index in [2.05, 4.69) is 25.7 Å². The van der Waals surface area contributed by atoms with Crippen LogP contribution in [-0.4, -0.2) is 47.6 Å². The lowest BCUT2D eigenvalue weighted by molar-refractivity contribution is -0.148. The van der Waals surface area contributed by atoms with Crippen molar-refractivity contribution in [3.63, 3.8) is 0 Å². The fraction of sp³-hybridized carbons (Fsp3) is 0.375. The molecule has 10 nitrogen and oxygen atoms in total. The second-order valence-corrected chi connectivity index (χ2v) is 9.48. The third kappa shape index (κ3) is 3.67. The molecule has 1 amide bonds. The zero-order valence-corrected chi connectivity index (χ0v) is 19.0. The molecule has 35 heavy (non-hydrogen) atoms.